The largest absolute Gasteiger partial charge is 0.494 e. The molecule has 1 aromatic carbocycles. The zero-order valence-corrected chi connectivity index (χ0v) is 15.3. The van der Waals surface area contributed by atoms with Gasteiger partial charge in [0.1, 0.15) is 15.5 Å². The van der Waals surface area contributed by atoms with E-state index in [0.717, 1.165) is 11.3 Å². The lowest BCUT2D eigenvalue weighted by atomic mass is 10.2. The monoisotopic (exact) mass is 384 g/mol. The Balaban J connectivity index is 2.34. The molecule has 0 atom stereocenters. The number of sulfonamides is 1. The third-order valence-electron chi connectivity index (χ3n) is 3.05. The molecule has 0 fully saturated rings. The van der Waals surface area contributed by atoms with Crippen LogP contribution in [0.3, 0.4) is 0 Å². The SMILES string of the molecule is COC(=O)c1sccc1S(=O)(=O)Nc1ccc(NC(C)=O)c(OC)c1. The molecule has 0 saturated heterocycles. The molecule has 1 heterocycles. The number of anilines is 2. The van der Waals surface area contributed by atoms with Crippen LogP contribution in [0.2, 0.25) is 0 Å². The van der Waals surface area contributed by atoms with E-state index in [9.17, 15) is 18.0 Å². The van der Waals surface area contributed by atoms with Gasteiger partial charge >= 0.3 is 5.97 Å². The number of hydrogen-bond donors (Lipinski definition) is 2. The number of hydrogen-bond acceptors (Lipinski definition) is 7. The summed E-state index contributed by atoms with van der Waals surface area (Å²) in [6.07, 6.45) is 0. The third kappa shape index (κ3) is 4.28. The summed E-state index contributed by atoms with van der Waals surface area (Å²) in [5.41, 5.74) is 0.622. The van der Waals surface area contributed by atoms with E-state index in [4.69, 9.17) is 4.74 Å². The second-order valence-electron chi connectivity index (χ2n) is 4.81. The number of thiophene rings is 1. The normalized spacial score (nSPS) is 10.8. The van der Waals surface area contributed by atoms with Crippen LogP contribution in [0.15, 0.2) is 34.5 Å². The number of ether oxygens (including phenoxy) is 2. The molecule has 134 valence electrons. The molecule has 10 heteroatoms. The van der Waals surface area contributed by atoms with Gasteiger partial charge in [0.25, 0.3) is 10.0 Å². The first-order valence-electron chi connectivity index (χ1n) is 6.92. The fourth-order valence-electron chi connectivity index (χ4n) is 2.01. The van der Waals surface area contributed by atoms with Crippen molar-refractivity contribution >= 4 is 44.6 Å². The van der Waals surface area contributed by atoms with Crippen molar-refractivity contribution in [3.05, 3.63) is 34.5 Å². The summed E-state index contributed by atoms with van der Waals surface area (Å²) in [5.74, 6) is -0.726. The first-order valence-corrected chi connectivity index (χ1v) is 9.29. The minimum atomic E-state index is -4.00. The van der Waals surface area contributed by atoms with Crippen molar-refractivity contribution in [3.8, 4) is 5.75 Å². The zero-order valence-electron chi connectivity index (χ0n) is 13.7. The number of rotatable bonds is 6. The Morgan fingerprint density at radius 1 is 1.16 bits per heavy atom. The first-order chi connectivity index (χ1) is 11.8. The van der Waals surface area contributed by atoms with Crippen LogP contribution < -0.4 is 14.8 Å². The standard InChI is InChI=1S/C15H16N2O6S2/c1-9(18)16-11-5-4-10(8-12(11)22-2)17-25(20,21)13-6-7-24-14(13)15(19)23-3/h4-8,17H,1-3H3,(H,16,18). The second-order valence-corrected chi connectivity index (χ2v) is 7.37. The van der Waals surface area contributed by atoms with Crippen molar-refractivity contribution in [2.45, 2.75) is 11.8 Å². The number of methoxy groups -OCH3 is 2. The predicted octanol–water partition coefficient (Wildman–Crippen LogP) is 2.30. The van der Waals surface area contributed by atoms with Crippen LogP contribution in [-0.4, -0.2) is 34.5 Å². The smallest absolute Gasteiger partial charge is 0.349 e. The molecule has 1 amide bonds. The highest BCUT2D eigenvalue weighted by molar-refractivity contribution is 7.93. The topological polar surface area (TPSA) is 111 Å². The van der Waals surface area contributed by atoms with Gasteiger partial charge in [-0.05, 0) is 23.6 Å². The lowest BCUT2D eigenvalue weighted by Gasteiger charge is -2.13. The number of amides is 1. The highest BCUT2D eigenvalue weighted by Gasteiger charge is 2.25. The van der Waals surface area contributed by atoms with E-state index in [1.165, 1.54) is 50.8 Å². The highest BCUT2D eigenvalue weighted by atomic mass is 32.2. The van der Waals surface area contributed by atoms with E-state index in [1.54, 1.807) is 0 Å². The van der Waals surface area contributed by atoms with E-state index in [0.29, 0.717) is 5.69 Å². The van der Waals surface area contributed by atoms with Crippen molar-refractivity contribution < 1.29 is 27.5 Å². The van der Waals surface area contributed by atoms with Crippen LogP contribution in [0.5, 0.6) is 5.75 Å². The molecule has 2 aromatic rings. The molecule has 25 heavy (non-hydrogen) atoms. The lowest BCUT2D eigenvalue weighted by molar-refractivity contribution is -0.114. The maximum Gasteiger partial charge on any atom is 0.349 e. The van der Waals surface area contributed by atoms with Crippen molar-refractivity contribution in [1.82, 2.24) is 0 Å². The molecule has 0 aliphatic carbocycles. The van der Waals surface area contributed by atoms with Crippen molar-refractivity contribution in [2.24, 2.45) is 0 Å². The minimum Gasteiger partial charge on any atom is -0.494 e. The number of carbonyl (C=O) groups is 2. The van der Waals surface area contributed by atoms with Gasteiger partial charge in [-0.15, -0.1) is 11.3 Å². The van der Waals surface area contributed by atoms with Gasteiger partial charge in [0, 0.05) is 13.0 Å². The number of nitrogens with one attached hydrogen (secondary N) is 2. The van der Waals surface area contributed by atoms with Gasteiger partial charge in [0.2, 0.25) is 5.91 Å². The van der Waals surface area contributed by atoms with Gasteiger partial charge in [-0.3, -0.25) is 9.52 Å². The van der Waals surface area contributed by atoms with Crippen LogP contribution in [0.1, 0.15) is 16.6 Å². The summed E-state index contributed by atoms with van der Waals surface area (Å²) in [5, 5.41) is 4.06. The molecular weight excluding hydrogens is 368 g/mol. The van der Waals surface area contributed by atoms with E-state index in [-0.39, 0.29) is 27.1 Å². The molecule has 0 bridgehead atoms. The Hall–Kier alpha value is -2.59. The van der Waals surface area contributed by atoms with Crippen LogP contribution in [-0.2, 0) is 19.6 Å². The summed E-state index contributed by atoms with van der Waals surface area (Å²) < 4.78 is 37.2. The highest BCUT2D eigenvalue weighted by Crippen LogP contribution is 2.30. The van der Waals surface area contributed by atoms with Gasteiger partial charge in [-0.2, -0.15) is 0 Å². The average Bonchev–Trinajstić information content (AvgIpc) is 3.05. The molecule has 0 spiro atoms. The zero-order chi connectivity index (χ0) is 18.6. The fraction of sp³-hybridized carbons (Fsp3) is 0.200. The van der Waals surface area contributed by atoms with Crippen molar-refractivity contribution in [3.63, 3.8) is 0 Å². The van der Waals surface area contributed by atoms with E-state index in [1.807, 2.05) is 0 Å². The Morgan fingerprint density at radius 2 is 1.88 bits per heavy atom. The van der Waals surface area contributed by atoms with Crippen LogP contribution in [0, 0.1) is 0 Å². The number of carbonyl (C=O) groups excluding carboxylic acids is 2. The molecule has 0 unspecified atom stereocenters. The molecule has 8 nitrogen and oxygen atoms in total. The van der Waals surface area contributed by atoms with Gasteiger partial charge < -0.3 is 14.8 Å². The van der Waals surface area contributed by atoms with E-state index < -0.39 is 16.0 Å². The Kier molecular flexibility index (Phi) is 5.65. The summed E-state index contributed by atoms with van der Waals surface area (Å²) in [7, 11) is -1.43. The minimum absolute atomic E-state index is 0.0168. The number of benzene rings is 1. The summed E-state index contributed by atoms with van der Waals surface area (Å²) >= 11 is 0.971. The van der Waals surface area contributed by atoms with Gasteiger partial charge in [-0.1, -0.05) is 0 Å². The summed E-state index contributed by atoms with van der Waals surface area (Å²) in [6, 6.07) is 5.72. The average molecular weight is 384 g/mol. The lowest BCUT2D eigenvalue weighted by Crippen LogP contribution is -2.16. The Labute approximate surface area is 148 Å². The fourth-order valence-corrected chi connectivity index (χ4v) is 4.39. The van der Waals surface area contributed by atoms with Gasteiger partial charge in [-0.25, -0.2) is 13.2 Å². The van der Waals surface area contributed by atoms with Gasteiger partial charge in [0.05, 0.1) is 25.6 Å². The molecule has 0 aliphatic heterocycles. The van der Waals surface area contributed by atoms with Crippen LogP contribution in [0.4, 0.5) is 11.4 Å². The van der Waals surface area contributed by atoms with Crippen LogP contribution in [0.25, 0.3) is 0 Å². The first kappa shape index (κ1) is 18.7. The summed E-state index contributed by atoms with van der Waals surface area (Å²) in [4.78, 5) is 22.6. The molecule has 0 aliphatic rings. The molecule has 2 N–H and O–H groups in total. The Bertz CT molecular complexity index is 904. The van der Waals surface area contributed by atoms with Gasteiger partial charge in [0.15, 0.2) is 0 Å². The van der Waals surface area contributed by atoms with Crippen molar-refractivity contribution in [2.75, 3.05) is 24.3 Å². The maximum atomic E-state index is 12.5. The molecule has 0 radical (unpaired) electrons. The van der Waals surface area contributed by atoms with Crippen LogP contribution >= 0.6 is 11.3 Å². The number of esters is 1. The molecular formula is C15H16N2O6S2. The molecule has 2 rings (SSSR count). The maximum absolute atomic E-state index is 12.5. The second kappa shape index (κ2) is 7.53. The Morgan fingerprint density at radius 3 is 2.48 bits per heavy atom. The predicted molar refractivity (Wildman–Crippen MR) is 93.8 cm³/mol. The third-order valence-corrected chi connectivity index (χ3v) is 5.50. The molecule has 1 aromatic heterocycles. The quantitative estimate of drug-likeness (QED) is 0.740. The van der Waals surface area contributed by atoms with Crippen molar-refractivity contribution in [1.29, 1.82) is 0 Å². The van der Waals surface area contributed by atoms with E-state index in [2.05, 4.69) is 14.8 Å². The molecule has 0 saturated carbocycles. The van der Waals surface area contributed by atoms with E-state index >= 15 is 0 Å². The summed E-state index contributed by atoms with van der Waals surface area (Å²) in [6.45, 7) is 1.35.